The molecule has 3 rings (SSSR count). The number of nitrogens with zero attached hydrogens (tertiary/aromatic N) is 1. The molecule has 4 N–H and O–H groups in total. The number of imide groups is 1. The normalized spacial score (nSPS) is 24.8. The predicted octanol–water partition coefficient (Wildman–Crippen LogP) is 2.25. The van der Waals surface area contributed by atoms with Crippen molar-refractivity contribution in [2.24, 2.45) is 17.8 Å². The number of phenols is 1. The maximum atomic E-state index is 13.0. The van der Waals surface area contributed by atoms with Crippen LogP contribution < -0.4 is 0 Å². The minimum absolute atomic E-state index is 0.178. The first kappa shape index (κ1) is 24.2. The Bertz CT molecular complexity index is 921. The van der Waals surface area contributed by atoms with Gasteiger partial charge in [-0.1, -0.05) is 36.8 Å². The third-order valence-corrected chi connectivity index (χ3v) is 6.62. The first-order chi connectivity index (χ1) is 15.3. The van der Waals surface area contributed by atoms with Gasteiger partial charge in [-0.2, -0.15) is 0 Å². The second-order valence-electron chi connectivity index (χ2n) is 8.77. The maximum absolute atomic E-state index is 13.0. The van der Waals surface area contributed by atoms with Crippen molar-refractivity contribution < 1.29 is 30.0 Å². The van der Waals surface area contributed by atoms with Gasteiger partial charge in [0.25, 0.3) is 0 Å². The van der Waals surface area contributed by atoms with E-state index in [1.165, 1.54) is 4.90 Å². The topological polar surface area (TPSA) is 118 Å². The summed E-state index contributed by atoms with van der Waals surface area (Å²) in [5.74, 6) is -2.34. The molecule has 4 atom stereocenters. The number of phenolic OH excluding ortho intramolecular Hbond substituents is 1. The third kappa shape index (κ3) is 4.65. The molecule has 7 heteroatoms. The number of hydrogen-bond acceptors (Lipinski definition) is 6. The van der Waals surface area contributed by atoms with Crippen LogP contribution in [0.4, 0.5) is 0 Å². The van der Waals surface area contributed by atoms with Crippen LogP contribution >= 0.6 is 0 Å². The number of likely N-dealkylation sites (tertiary alicyclic amines) is 1. The molecule has 32 heavy (non-hydrogen) atoms. The van der Waals surface area contributed by atoms with Gasteiger partial charge < -0.3 is 20.4 Å². The molecule has 1 aromatic carbocycles. The highest BCUT2D eigenvalue weighted by Gasteiger charge is 2.54. The van der Waals surface area contributed by atoms with Gasteiger partial charge in [0.15, 0.2) is 0 Å². The molecule has 1 saturated heterocycles. The average molecular weight is 444 g/mol. The molecule has 0 spiro atoms. The predicted molar refractivity (Wildman–Crippen MR) is 120 cm³/mol. The number of amides is 2. The van der Waals surface area contributed by atoms with Gasteiger partial charge in [-0.05, 0) is 49.8 Å². The van der Waals surface area contributed by atoms with Gasteiger partial charge in [0, 0.05) is 18.0 Å². The zero-order valence-electron chi connectivity index (χ0n) is 18.7. The molecule has 1 aliphatic carbocycles. The number of aliphatic hydroxyl groups is 3. The standard InChI is InChI=1S/C25H33NO6/c1-3-10-26-24(31)18-12-17(13-27)22(19(14-28)23(18)25(26)32)21(30)9-8-15(2)11-16-6-4-5-7-20(16)29/h4-7,11,18-19,21,23,27-30H,3,8-10,12-14H2,1-2H3/b15-11+/t18-,19+,21-,23-/m1/s1. The fourth-order valence-corrected chi connectivity index (χ4v) is 5.08. The van der Waals surface area contributed by atoms with Crippen molar-refractivity contribution in [3.8, 4) is 5.75 Å². The van der Waals surface area contributed by atoms with E-state index in [1.807, 2.05) is 26.0 Å². The van der Waals surface area contributed by atoms with Gasteiger partial charge in [0.1, 0.15) is 5.75 Å². The molecule has 0 unspecified atom stereocenters. The summed E-state index contributed by atoms with van der Waals surface area (Å²) in [7, 11) is 0. The molecule has 0 aromatic heterocycles. The molecule has 174 valence electrons. The Morgan fingerprint density at radius 1 is 1.22 bits per heavy atom. The van der Waals surface area contributed by atoms with Crippen molar-refractivity contribution in [1.29, 1.82) is 0 Å². The Hall–Kier alpha value is -2.48. The third-order valence-electron chi connectivity index (χ3n) is 6.62. The van der Waals surface area contributed by atoms with E-state index in [4.69, 9.17) is 0 Å². The van der Waals surface area contributed by atoms with Gasteiger partial charge >= 0.3 is 0 Å². The number of allylic oxidation sites excluding steroid dienone is 1. The van der Waals surface area contributed by atoms with Crippen LogP contribution in [-0.4, -0.2) is 63.0 Å². The number of carbonyl (C=O) groups is 2. The van der Waals surface area contributed by atoms with Gasteiger partial charge in [-0.3, -0.25) is 14.5 Å². The number of aromatic hydroxyl groups is 1. The summed E-state index contributed by atoms with van der Waals surface area (Å²) in [5.41, 5.74) is 2.67. The number of para-hydroxylation sites is 1. The van der Waals surface area contributed by atoms with Crippen molar-refractivity contribution in [1.82, 2.24) is 4.90 Å². The zero-order chi connectivity index (χ0) is 23.4. The van der Waals surface area contributed by atoms with Crippen molar-refractivity contribution >= 4 is 17.9 Å². The van der Waals surface area contributed by atoms with Crippen LogP contribution in [0, 0.1) is 17.8 Å². The molecule has 1 aromatic rings. The molecular weight excluding hydrogens is 410 g/mol. The molecule has 0 radical (unpaired) electrons. The second kappa shape index (κ2) is 10.4. The Balaban J connectivity index is 1.80. The first-order valence-corrected chi connectivity index (χ1v) is 11.3. The Labute approximate surface area is 188 Å². The summed E-state index contributed by atoms with van der Waals surface area (Å²) in [5, 5.41) is 41.1. The van der Waals surface area contributed by atoms with Crippen molar-refractivity contribution in [3.05, 3.63) is 46.5 Å². The molecule has 0 saturated carbocycles. The Morgan fingerprint density at radius 2 is 1.94 bits per heavy atom. The van der Waals surface area contributed by atoms with E-state index in [2.05, 4.69) is 0 Å². The van der Waals surface area contributed by atoms with E-state index in [0.29, 0.717) is 42.5 Å². The van der Waals surface area contributed by atoms with Crippen LogP contribution in [0.15, 0.2) is 41.0 Å². The lowest BCUT2D eigenvalue weighted by molar-refractivity contribution is -0.140. The van der Waals surface area contributed by atoms with Crippen molar-refractivity contribution in [3.63, 3.8) is 0 Å². The van der Waals surface area contributed by atoms with Gasteiger partial charge in [-0.25, -0.2) is 0 Å². The van der Waals surface area contributed by atoms with Crippen LogP contribution in [-0.2, 0) is 9.59 Å². The average Bonchev–Trinajstić information content (AvgIpc) is 3.02. The summed E-state index contributed by atoms with van der Waals surface area (Å²) in [4.78, 5) is 27.0. The lowest BCUT2D eigenvalue weighted by atomic mass is 9.68. The van der Waals surface area contributed by atoms with E-state index < -0.39 is 23.9 Å². The largest absolute Gasteiger partial charge is 0.507 e. The Morgan fingerprint density at radius 3 is 2.56 bits per heavy atom. The molecule has 2 aliphatic rings. The van der Waals surface area contributed by atoms with E-state index in [-0.39, 0.29) is 37.2 Å². The van der Waals surface area contributed by atoms with Gasteiger partial charge in [0.2, 0.25) is 11.8 Å². The summed E-state index contributed by atoms with van der Waals surface area (Å²) in [6.07, 6.45) is 2.64. The highest BCUT2D eigenvalue weighted by atomic mass is 16.3. The van der Waals surface area contributed by atoms with Crippen molar-refractivity contribution in [2.75, 3.05) is 19.8 Å². The molecule has 7 nitrogen and oxygen atoms in total. The van der Waals surface area contributed by atoms with Crippen LogP contribution in [0.1, 0.15) is 45.1 Å². The Kier molecular flexibility index (Phi) is 7.87. The van der Waals surface area contributed by atoms with Crippen LogP contribution in [0.25, 0.3) is 6.08 Å². The number of aliphatic hydroxyl groups excluding tert-OH is 3. The monoisotopic (exact) mass is 443 g/mol. The lowest BCUT2D eigenvalue weighted by Gasteiger charge is -2.36. The summed E-state index contributed by atoms with van der Waals surface area (Å²) in [6.45, 7) is 3.44. The highest BCUT2D eigenvalue weighted by molar-refractivity contribution is 6.05. The molecule has 1 fully saturated rings. The zero-order valence-corrected chi connectivity index (χ0v) is 18.7. The quantitative estimate of drug-likeness (QED) is 0.343. The minimum atomic E-state index is -0.953. The molecule has 2 amide bonds. The number of rotatable bonds is 9. The van der Waals surface area contributed by atoms with Crippen molar-refractivity contribution in [2.45, 2.75) is 45.6 Å². The molecule has 1 aliphatic heterocycles. The van der Waals surface area contributed by atoms with Gasteiger partial charge in [0.05, 0.1) is 31.2 Å². The summed E-state index contributed by atoms with van der Waals surface area (Å²) < 4.78 is 0. The maximum Gasteiger partial charge on any atom is 0.233 e. The van der Waals surface area contributed by atoms with E-state index in [9.17, 15) is 30.0 Å². The lowest BCUT2D eigenvalue weighted by Crippen LogP contribution is -2.39. The first-order valence-electron chi connectivity index (χ1n) is 11.3. The van der Waals surface area contributed by atoms with E-state index in [1.54, 1.807) is 18.2 Å². The SMILES string of the molecule is CCCN1C(=O)[C@@H]2[C@@H](CC(CO)=C([C@H](O)CC/C(C)=C/c3ccccc3O)[C@@H]2CO)C1=O. The molecular formula is C25H33NO6. The number of fused-ring (bicyclic) bond motifs is 1. The second-order valence-corrected chi connectivity index (χ2v) is 8.77. The fourth-order valence-electron chi connectivity index (χ4n) is 5.08. The summed E-state index contributed by atoms with van der Waals surface area (Å²) >= 11 is 0. The van der Waals surface area contributed by atoms with Gasteiger partial charge in [-0.15, -0.1) is 0 Å². The van der Waals surface area contributed by atoms with Crippen LogP contribution in [0.3, 0.4) is 0 Å². The number of hydrogen-bond donors (Lipinski definition) is 4. The van der Waals surface area contributed by atoms with E-state index >= 15 is 0 Å². The number of benzene rings is 1. The highest BCUT2D eigenvalue weighted by Crippen LogP contribution is 2.46. The number of carbonyl (C=O) groups excluding carboxylic acids is 2. The summed E-state index contributed by atoms with van der Waals surface area (Å²) in [6, 6.07) is 6.99. The van der Waals surface area contributed by atoms with Crippen LogP contribution in [0.2, 0.25) is 0 Å². The minimum Gasteiger partial charge on any atom is -0.507 e. The fraction of sp³-hybridized carbons (Fsp3) is 0.520. The molecule has 1 heterocycles. The van der Waals surface area contributed by atoms with Crippen LogP contribution in [0.5, 0.6) is 5.75 Å². The molecule has 0 bridgehead atoms. The van der Waals surface area contributed by atoms with E-state index in [0.717, 1.165) is 5.57 Å². The smallest absolute Gasteiger partial charge is 0.233 e.